The molecular formula is C10H16ClN3O. The molecular weight excluding hydrogens is 214 g/mol. The SMILES string of the molecule is CC(Cl)CC(C)NC(=O)c1ccnn1C. The lowest BCUT2D eigenvalue weighted by Gasteiger charge is -2.14. The van der Waals surface area contributed by atoms with E-state index >= 15 is 0 Å². The Kier molecular flexibility index (Phi) is 4.15. The van der Waals surface area contributed by atoms with Crippen molar-refractivity contribution in [3.8, 4) is 0 Å². The van der Waals surface area contributed by atoms with Crippen molar-refractivity contribution in [2.24, 2.45) is 7.05 Å². The number of alkyl halides is 1. The fourth-order valence-electron chi connectivity index (χ4n) is 1.44. The molecule has 5 heteroatoms. The second-order valence-electron chi connectivity index (χ2n) is 3.73. The van der Waals surface area contributed by atoms with E-state index in [-0.39, 0.29) is 17.3 Å². The lowest BCUT2D eigenvalue weighted by atomic mass is 10.2. The molecule has 1 rings (SSSR count). The summed E-state index contributed by atoms with van der Waals surface area (Å²) >= 11 is 5.84. The highest BCUT2D eigenvalue weighted by molar-refractivity contribution is 6.20. The van der Waals surface area contributed by atoms with E-state index in [1.807, 2.05) is 13.8 Å². The number of halogens is 1. The van der Waals surface area contributed by atoms with Crippen LogP contribution in [0.4, 0.5) is 0 Å². The fourth-order valence-corrected chi connectivity index (χ4v) is 1.71. The van der Waals surface area contributed by atoms with Gasteiger partial charge < -0.3 is 5.32 Å². The molecule has 1 amide bonds. The van der Waals surface area contributed by atoms with E-state index in [0.717, 1.165) is 6.42 Å². The van der Waals surface area contributed by atoms with E-state index in [4.69, 9.17) is 11.6 Å². The molecule has 0 bridgehead atoms. The van der Waals surface area contributed by atoms with Crippen molar-refractivity contribution in [2.45, 2.75) is 31.7 Å². The van der Waals surface area contributed by atoms with Gasteiger partial charge in [-0.15, -0.1) is 11.6 Å². The third-order valence-corrected chi connectivity index (χ3v) is 2.29. The summed E-state index contributed by atoms with van der Waals surface area (Å²) in [5, 5.41) is 6.87. The molecule has 2 atom stereocenters. The van der Waals surface area contributed by atoms with Crippen molar-refractivity contribution in [1.29, 1.82) is 0 Å². The lowest BCUT2D eigenvalue weighted by Crippen LogP contribution is -2.35. The number of hydrogen-bond acceptors (Lipinski definition) is 2. The van der Waals surface area contributed by atoms with Gasteiger partial charge in [-0.25, -0.2) is 0 Å². The molecule has 0 aromatic carbocycles. The van der Waals surface area contributed by atoms with Crippen LogP contribution < -0.4 is 5.32 Å². The van der Waals surface area contributed by atoms with Gasteiger partial charge in [0.2, 0.25) is 0 Å². The Morgan fingerprint density at radius 2 is 2.33 bits per heavy atom. The highest BCUT2D eigenvalue weighted by Crippen LogP contribution is 2.05. The third-order valence-electron chi connectivity index (χ3n) is 2.11. The number of rotatable bonds is 4. The Morgan fingerprint density at radius 3 is 2.80 bits per heavy atom. The predicted octanol–water partition coefficient (Wildman–Crippen LogP) is 1.56. The Morgan fingerprint density at radius 1 is 1.67 bits per heavy atom. The smallest absolute Gasteiger partial charge is 0.269 e. The van der Waals surface area contributed by atoms with Crippen molar-refractivity contribution in [3.05, 3.63) is 18.0 Å². The molecule has 1 aromatic heterocycles. The largest absolute Gasteiger partial charge is 0.348 e. The van der Waals surface area contributed by atoms with Crippen LogP contribution in [0, 0.1) is 0 Å². The van der Waals surface area contributed by atoms with Crippen molar-refractivity contribution in [1.82, 2.24) is 15.1 Å². The minimum atomic E-state index is -0.111. The van der Waals surface area contributed by atoms with Crippen LogP contribution in [0.5, 0.6) is 0 Å². The molecule has 0 spiro atoms. The van der Waals surface area contributed by atoms with Crippen molar-refractivity contribution in [2.75, 3.05) is 0 Å². The number of aryl methyl sites for hydroxylation is 1. The minimum Gasteiger partial charge on any atom is -0.348 e. The monoisotopic (exact) mass is 229 g/mol. The lowest BCUT2D eigenvalue weighted by molar-refractivity contribution is 0.0929. The molecule has 84 valence electrons. The summed E-state index contributed by atoms with van der Waals surface area (Å²) in [6.45, 7) is 3.85. The first-order valence-corrected chi connectivity index (χ1v) is 5.37. The van der Waals surface area contributed by atoms with Gasteiger partial charge in [0.1, 0.15) is 5.69 Å². The molecule has 0 aliphatic carbocycles. The van der Waals surface area contributed by atoms with Crippen molar-refractivity contribution < 1.29 is 4.79 Å². The summed E-state index contributed by atoms with van der Waals surface area (Å²) in [6, 6.07) is 1.76. The Bertz CT molecular complexity index is 335. The fraction of sp³-hybridized carbons (Fsp3) is 0.600. The van der Waals surface area contributed by atoms with Crippen LogP contribution in [0.2, 0.25) is 0 Å². The van der Waals surface area contributed by atoms with Gasteiger partial charge in [-0.3, -0.25) is 9.48 Å². The highest BCUT2D eigenvalue weighted by atomic mass is 35.5. The van der Waals surface area contributed by atoms with Gasteiger partial charge in [0.15, 0.2) is 0 Å². The molecule has 0 radical (unpaired) electrons. The minimum absolute atomic E-state index is 0.0619. The molecule has 0 aliphatic rings. The molecule has 15 heavy (non-hydrogen) atoms. The second kappa shape index (κ2) is 5.16. The molecule has 0 saturated carbocycles. The number of carbonyl (C=O) groups is 1. The van der Waals surface area contributed by atoms with Crippen LogP contribution >= 0.6 is 11.6 Å². The quantitative estimate of drug-likeness (QED) is 0.797. The van der Waals surface area contributed by atoms with Crippen LogP contribution in [-0.2, 0) is 7.05 Å². The van der Waals surface area contributed by atoms with Gasteiger partial charge in [0.25, 0.3) is 5.91 Å². The first-order valence-electron chi connectivity index (χ1n) is 4.93. The molecule has 4 nitrogen and oxygen atoms in total. The zero-order valence-corrected chi connectivity index (χ0v) is 9.95. The van der Waals surface area contributed by atoms with Crippen LogP contribution in [0.3, 0.4) is 0 Å². The number of aromatic nitrogens is 2. The van der Waals surface area contributed by atoms with Crippen LogP contribution in [-0.4, -0.2) is 27.1 Å². The molecule has 1 heterocycles. The first kappa shape index (κ1) is 12.0. The normalized spacial score (nSPS) is 14.7. The summed E-state index contributed by atoms with van der Waals surface area (Å²) in [4.78, 5) is 11.7. The maximum atomic E-state index is 11.7. The van der Waals surface area contributed by atoms with Crippen LogP contribution in [0.25, 0.3) is 0 Å². The van der Waals surface area contributed by atoms with Crippen molar-refractivity contribution in [3.63, 3.8) is 0 Å². The van der Waals surface area contributed by atoms with Crippen LogP contribution in [0.15, 0.2) is 12.3 Å². The summed E-state index contributed by atoms with van der Waals surface area (Å²) in [5.74, 6) is -0.111. The Labute approximate surface area is 94.6 Å². The Hall–Kier alpha value is -1.03. The highest BCUT2D eigenvalue weighted by Gasteiger charge is 2.13. The first-order chi connectivity index (χ1) is 7.00. The topological polar surface area (TPSA) is 46.9 Å². The van der Waals surface area contributed by atoms with Gasteiger partial charge in [-0.1, -0.05) is 0 Å². The summed E-state index contributed by atoms with van der Waals surface area (Å²) < 4.78 is 1.55. The van der Waals surface area contributed by atoms with E-state index in [1.165, 1.54) is 0 Å². The molecule has 0 aliphatic heterocycles. The van der Waals surface area contributed by atoms with Crippen LogP contribution in [0.1, 0.15) is 30.8 Å². The number of hydrogen-bond donors (Lipinski definition) is 1. The maximum Gasteiger partial charge on any atom is 0.269 e. The van der Waals surface area contributed by atoms with E-state index in [1.54, 1.807) is 24.0 Å². The molecule has 1 N–H and O–H groups in total. The molecule has 0 saturated heterocycles. The third kappa shape index (κ3) is 3.55. The summed E-state index contributed by atoms with van der Waals surface area (Å²) in [5.41, 5.74) is 0.559. The number of nitrogens with zero attached hydrogens (tertiary/aromatic N) is 2. The standard InChI is InChI=1S/C10H16ClN3O/c1-7(11)6-8(2)13-10(15)9-4-5-12-14(9)3/h4-5,7-8H,6H2,1-3H3,(H,13,15). The summed E-state index contributed by atoms with van der Waals surface area (Å²) in [6.07, 6.45) is 2.36. The zero-order valence-electron chi connectivity index (χ0n) is 9.20. The maximum absolute atomic E-state index is 11.7. The summed E-state index contributed by atoms with van der Waals surface area (Å²) in [7, 11) is 1.74. The van der Waals surface area contributed by atoms with Gasteiger partial charge in [-0.05, 0) is 26.3 Å². The molecule has 0 fully saturated rings. The average Bonchev–Trinajstić information content (AvgIpc) is 2.49. The number of carbonyl (C=O) groups excluding carboxylic acids is 1. The average molecular weight is 230 g/mol. The van der Waals surface area contributed by atoms with E-state index in [2.05, 4.69) is 10.4 Å². The second-order valence-corrected chi connectivity index (χ2v) is 4.48. The Balaban J connectivity index is 2.53. The van der Waals surface area contributed by atoms with E-state index in [9.17, 15) is 4.79 Å². The molecule has 2 unspecified atom stereocenters. The number of amides is 1. The van der Waals surface area contributed by atoms with E-state index in [0.29, 0.717) is 5.69 Å². The van der Waals surface area contributed by atoms with Gasteiger partial charge in [0.05, 0.1) is 0 Å². The van der Waals surface area contributed by atoms with Gasteiger partial charge in [-0.2, -0.15) is 5.10 Å². The predicted molar refractivity (Wildman–Crippen MR) is 60.1 cm³/mol. The van der Waals surface area contributed by atoms with Gasteiger partial charge >= 0.3 is 0 Å². The van der Waals surface area contributed by atoms with Crippen molar-refractivity contribution >= 4 is 17.5 Å². The molecule has 1 aromatic rings. The van der Waals surface area contributed by atoms with Gasteiger partial charge in [0, 0.05) is 24.7 Å². The number of nitrogens with one attached hydrogen (secondary N) is 1. The van der Waals surface area contributed by atoms with E-state index < -0.39 is 0 Å². The zero-order chi connectivity index (χ0) is 11.4.